The van der Waals surface area contributed by atoms with Gasteiger partial charge in [-0.3, -0.25) is 0 Å². The molecule has 2 heteroatoms. The molecule has 2 fully saturated rings. The van der Waals surface area contributed by atoms with Crippen molar-refractivity contribution in [2.75, 3.05) is 13.1 Å². The summed E-state index contributed by atoms with van der Waals surface area (Å²) in [6.45, 7) is 2.30. The minimum atomic E-state index is -0.257. The fourth-order valence-electron chi connectivity index (χ4n) is 2.63. The number of rotatable bonds is 0. The van der Waals surface area contributed by atoms with Gasteiger partial charge in [-0.15, -0.1) is 0 Å². The van der Waals surface area contributed by atoms with Crippen LogP contribution in [0, 0.1) is 5.92 Å². The molecule has 64 valence electrons. The predicted octanol–water partition coefficient (Wildman–Crippen LogP) is -0.125. The van der Waals surface area contributed by atoms with Crippen LogP contribution in [0.1, 0.15) is 32.1 Å². The van der Waals surface area contributed by atoms with Gasteiger partial charge < -0.3 is 10.4 Å². The van der Waals surface area contributed by atoms with Crippen LogP contribution in [0.5, 0.6) is 0 Å². The molecule has 0 aromatic heterocycles. The Balaban J connectivity index is 2.06. The fraction of sp³-hybridized carbons (Fsp3) is 1.00. The summed E-state index contributed by atoms with van der Waals surface area (Å²) in [5.41, 5.74) is -0.257. The zero-order chi connectivity index (χ0) is 7.73. The summed E-state index contributed by atoms with van der Waals surface area (Å²) in [5, 5.41) is 12.5. The first kappa shape index (κ1) is 7.56. The monoisotopic (exact) mass is 156 g/mol. The van der Waals surface area contributed by atoms with E-state index in [1.54, 1.807) is 0 Å². The first-order valence-corrected chi connectivity index (χ1v) is 4.85. The van der Waals surface area contributed by atoms with Gasteiger partial charge in [-0.25, -0.2) is 0 Å². The summed E-state index contributed by atoms with van der Waals surface area (Å²) in [6, 6.07) is 0. The molecule has 1 saturated heterocycles. The van der Waals surface area contributed by atoms with Crippen LogP contribution in [-0.4, -0.2) is 23.8 Å². The maximum Gasteiger partial charge on any atom is 0.0811 e. The summed E-state index contributed by atoms with van der Waals surface area (Å²) in [7, 11) is 0. The van der Waals surface area contributed by atoms with Gasteiger partial charge in [0.25, 0.3) is 0 Å². The summed E-state index contributed by atoms with van der Waals surface area (Å²) >= 11 is 0. The van der Waals surface area contributed by atoms with Gasteiger partial charge in [-0.05, 0) is 12.8 Å². The van der Waals surface area contributed by atoms with Crippen molar-refractivity contribution < 1.29 is 10.4 Å². The Bertz CT molecular complexity index is 134. The van der Waals surface area contributed by atoms with Crippen LogP contribution in [0.3, 0.4) is 0 Å². The van der Waals surface area contributed by atoms with E-state index in [1.807, 2.05) is 0 Å². The third-order valence-electron chi connectivity index (χ3n) is 3.40. The van der Waals surface area contributed by atoms with Crippen LogP contribution in [0.2, 0.25) is 0 Å². The van der Waals surface area contributed by atoms with Gasteiger partial charge in [0.15, 0.2) is 0 Å². The van der Waals surface area contributed by atoms with Crippen molar-refractivity contribution >= 4 is 0 Å². The first-order valence-electron chi connectivity index (χ1n) is 4.85. The zero-order valence-corrected chi connectivity index (χ0v) is 7.05. The lowest BCUT2D eigenvalue weighted by Crippen LogP contribution is -2.90. The molecule has 11 heavy (non-hydrogen) atoms. The molecule has 0 aromatic carbocycles. The van der Waals surface area contributed by atoms with Crippen molar-refractivity contribution in [3.8, 4) is 0 Å². The third-order valence-corrected chi connectivity index (χ3v) is 3.40. The largest absolute Gasteiger partial charge is 0.389 e. The highest BCUT2D eigenvalue weighted by atomic mass is 16.3. The molecule has 2 atom stereocenters. The van der Waals surface area contributed by atoms with Crippen molar-refractivity contribution in [3.63, 3.8) is 0 Å². The molecule has 0 aromatic rings. The van der Waals surface area contributed by atoms with Gasteiger partial charge in [-0.2, -0.15) is 0 Å². The molecular weight excluding hydrogens is 138 g/mol. The SMILES string of the molecule is O[C@@]12CCCC[C@@H]1C[NH2+]CC2. The number of piperidine rings is 1. The third kappa shape index (κ3) is 1.30. The maximum atomic E-state index is 10.2. The van der Waals surface area contributed by atoms with Crippen LogP contribution in [0.4, 0.5) is 0 Å². The molecule has 0 spiro atoms. The molecular formula is C9H18NO+. The standard InChI is InChI=1S/C9H17NO/c11-9-4-2-1-3-8(9)7-10-6-5-9/h8,10-11H,1-7H2/p+1/t8-,9-/m1/s1. The number of fused-ring (bicyclic) bond motifs is 1. The maximum absolute atomic E-state index is 10.2. The minimum absolute atomic E-state index is 0.257. The minimum Gasteiger partial charge on any atom is -0.389 e. The second-order valence-electron chi connectivity index (χ2n) is 4.11. The molecule has 0 amide bonds. The normalized spacial score (nSPS) is 45.0. The number of aliphatic hydroxyl groups is 1. The Morgan fingerprint density at radius 3 is 3.00 bits per heavy atom. The highest BCUT2D eigenvalue weighted by Crippen LogP contribution is 2.36. The number of quaternary nitrogens is 1. The van der Waals surface area contributed by atoms with E-state index in [0.29, 0.717) is 5.92 Å². The Morgan fingerprint density at radius 1 is 1.27 bits per heavy atom. The molecule has 2 rings (SSSR count). The number of hydrogen-bond acceptors (Lipinski definition) is 1. The van der Waals surface area contributed by atoms with E-state index in [1.165, 1.54) is 19.3 Å². The van der Waals surface area contributed by atoms with Gasteiger partial charge in [0.2, 0.25) is 0 Å². The molecule has 1 aliphatic carbocycles. The van der Waals surface area contributed by atoms with Crippen molar-refractivity contribution in [1.82, 2.24) is 0 Å². The number of nitrogens with two attached hydrogens (primary N) is 1. The van der Waals surface area contributed by atoms with Gasteiger partial charge in [0, 0.05) is 12.3 Å². The van der Waals surface area contributed by atoms with Crippen molar-refractivity contribution in [3.05, 3.63) is 0 Å². The Morgan fingerprint density at radius 2 is 2.18 bits per heavy atom. The van der Waals surface area contributed by atoms with Crippen LogP contribution < -0.4 is 5.32 Å². The van der Waals surface area contributed by atoms with E-state index in [0.717, 1.165) is 25.9 Å². The molecule has 3 N–H and O–H groups in total. The summed E-state index contributed by atoms with van der Waals surface area (Å²) in [4.78, 5) is 0. The second-order valence-corrected chi connectivity index (χ2v) is 4.11. The summed E-state index contributed by atoms with van der Waals surface area (Å²) in [6.07, 6.45) is 5.92. The second kappa shape index (κ2) is 2.76. The molecule has 1 aliphatic heterocycles. The van der Waals surface area contributed by atoms with Crippen LogP contribution >= 0.6 is 0 Å². The smallest absolute Gasteiger partial charge is 0.0811 e. The van der Waals surface area contributed by atoms with Crippen LogP contribution in [-0.2, 0) is 0 Å². The van der Waals surface area contributed by atoms with E-state index in [9.17, 15) is 5.11 Å². The molecule has 1 heterocycles. The predicted molar refractivity (Wildman–Crippen MR) is 43.2 cm³/mol. The van der Waals surface area contributed by atoms with Crippen molar-refractivity contribution in [2.24, 2.45) is 5.92 Å². The van der Waals surface area contributed by atoms with Crippen molar-refractivity contribution in [2.45, 2.75) is 37.7 Å². The summed E-state index contributed by atoms with van der Waals surface area (Å²) < 4.78 is 0. The van der Waals surface area contributed by atoms with Crippen molar-refractivity contribution in [1.29, 1.82) is 0 Å². The molecule has 2 aliphatic rings. The average molecular weight is 156 g/mol. The lowest BCUT2D eigenvalue weighted by Gasteiger charge is -2.41. The number of hydrogen-bond donors (Lipinski definition) is 2. The van der Waals surface area contributed by atoms with Gasteiger partial charge in [0.05, 0.1) is 18.7 Å². The average Bonchev–Trinajstić information content (AvgIpc) is 2.03. The van der Waals surface area contributed by atoms with E-state index in [4.69, 9.17) is 0 Å². The molecule has 2 nitrogen and oxygen atoms in total. The lowest BCUT2D eigenvalue weighted by atomic mass is 9.72. The Labute approximate surface area is 68.0 Å². The lowest BCUT2D eigenvalue weighted by molar-refractivity contribution is -0.676. The van der Waals surface area contributed by atoms with E-state index < -0.39 is 0 Å². The van der Waals surface area contributed by atoms with E-state index >= 15 is 0 Å². The van der Waals surface area contributed by atoms with E-state index in [-0.39, 0.29) is 5.60 Å². The Kier molecular flexibility index (Phi) is 1.90. The van der Waals surface area contributed by atoms with Gasteiger partial charge >= 0.3 is 0 Å². The quantitative estimate of drug-likeness (QED) is 0.504. The highest BCUT2D eigenvalue weighted by molar-refractivity contribution is 4.90. The zero-order valence-electron chi connectivity index (χ0n) is 7.05. The van der Waals surface area contributed by atoms with Crippen LogP contribution in [0.15, 0.2) is 0 Å². The first-order chi connectivity index (χ1) is 5.31. The molecule has 0 radical (unpaired) electrons. The fourth-order valence-corrected chi connectivity index (χ4v) is 2.63. The highest BCUT2D eigenvalue weighted by Gasteiger charge is 2.42. The topological polar surface area (TPSA) is 36.8 Å². The van der Waals surface area contributed by atoms with Crippen LogP contribution in [0.25, 0.3) is 0 Å². The van der Waals surface area contributed by atoms with Gasteiger partial charge in [0.1, 0.15) is 0 Å². The van der Waals surface area contributed by atoms with E-state index in [2.05, 4.69) is 5.32 Å². The summed E-state index contributed by atoms with van der Waals surface area (Å²) in [5.74, 6) is 0.602. The molecule has 1 saturated carbocycles. The molecule has 0 unspecified atom stereocenters. The Hall–Kier alpha value is -0.0800. The van der Waals surface area contributed by atoms with Gasteiger partial charge in [-0.1, -0.05) is 12.8 Å². The molecule has 0 bridgehead atoms.